The summed E-state index contributed by atoms with van der Waals surface area (Å²) in [6.07, 6.45) is 0.822. The third-order valence-corrected chi connectivity index (χ3v) is 1.94. The molecule has 3 N–H and O–H groups in total. The zero-order valence-electron chi connectivity index (χ0n) is 6.72. The van der Waals surface area contributed by atoms with E-state index in [-0.39, 0.29) is 11.4 Å². The van der Waals surface area contributed by atoms with Gasteiger partial charge in [-0.2, -0.15) is 0 Å². The van der Waals surface area contributed by atoms with E-state index < -0.39 is 0 Å². The summed E-state index contributed by atoms with van der Waals surface area (Å²) in [5, 5.41) is 2.82. The van der Waals surface area contributed by atoms with Gasteiger partial charge in [0.2, 0.25) is 5.91 Å². The number of carbonyl (C=O) groups is 1. The lowest BCUT2D eigenvalue weighted by Crippen LogP contribution is -2.53. The second-order valence-corrected chi connectivity index (χ2v) is 2.97. The predicted molar refractivity (Wildman–Crippen MR) is 41.0 cm³/mol. The van der Waals surface area contributed by atoms with Crippen molar-refractivity contribution < 1.29 is 9.53 Å². The van der Waals surface area contributed by atoms with E-state index in [0.29, 0.717) is 19.8 Å². The number of carbonyl (C=O) groups excluding carboxylic acids is 1. The second kappa shape index (κ2) is 3.19. The molecule has 1 aliphatic heterocycles. The molecular formula is C7H14N2O2. The van der Waals surface area contributed by atoms with E-state index in [0.717, 1.165) is 6.42 Å². The number of nitrogens with one attached hydrogen (secondary N) is 1. The van der Waals surface area contributed by atoms with Gasteiger partial charge in [-0.15, -0.1) is 0 Å². The highest BCUT2D eigenvalue weighted by Gasteiger charge is 2.33. The van der Waals surface area contributed by atoms with Gasteiger partial charge >= 0.3 is 0 Å². The van der Waals surface area contributed by atoms with Crippen molar-refractivity contribution in [1.82, 2.24) is 5.32 Å². The lowest BCUT2D eigenvalue weighted by Gasteiger charge is -2.25. The van der Waals surface area contributed by atoms with Crippen LogP contribution in [0.4, 0.5) is 0 Å². The Bertz CT molecular complexity index is 153. The number of hydrogen-bond acceptors (Lipinski definition) is 3. The Morgan fingerprint density at radius 2 is 2.55 bits per heavy atom. The largest absolute Gasteiger partial charge is 0.379 e. The Hall–Kier alpha value is -0.610. The van der Waals surface area contributed by atoms with Crippen molar-refractivity contribution in [1.29, 1.82) is 0 Å². The quantitative estimate of drug-likeness (QED) is 0.555. The summed E-state index contributed by atoms with van der Waals surface area (Å²) in [7, 11) is 0. The fourth-order valence-electron chi connectivity index (χ4n) is 1.29. The first kappa shape index (κ1) is 8.49. The summed E-state index contributed by atoms with van der Waals surface area (Å²) < 4.78 is 5.16. The van der Waals surface area contributed by atoms with Crippen molar-refractivity contribution in [3.8, 4) is 0 Å². The molecule has 64 valence electrons. The van der Waals surface area contributed by atoms with Crippen molar-refractivity contribution in [3.05, 3.63) is 0 Å². The number of ether oxygens (including phenoxy) is 1. The monoisotopic (exact) mass is 158 g/mol. The van der Waals surface area contributed by atoms with Crippen LogP contribution in [-0.2, 0) is 9.53 Å². The standard InChI is InChI=1S/C7H14N2O2/c1-6(10)9-7(4-8)2-3-11-5-7/h2-5,8H2,1H3,(H,9,10). The van der Waals surface area contributed by atoms with E-state index in [2.05, 4.69) is 5.32 Å². The third-order valence-electron chi connectivity index (χ3n) is 1.94. The summed E-state index contributed by atoms with van der Waals surface area (Å²) >= 11 is 0. The van der Waals surface area contributed by atoms with Crippen LogP contribution in [0.2, 0.25) is 0 Å². The molecule has 0 aromatic rings. The van der Waals surface area contributed by atoms with Gasteiger partial charge in [0.1, 0.15) is 0 Å². The average molecular weight is 158 g/mol. The molecule has 4 nitrogen and oxygen atoms in total. The Kier molecular flexibility index (Phi) is 2.46. The Balaban J connectivity index is 2.52. The van der Waals surface area contributed by atoms with Gasteiger partial charge in [0.15, 0.2) is 0 Å². The normalized spacial score (nSPS) is 30.4. The van der Waals surface area contributed by atoms with Gasteiger partial charge in [-0.3, -0.25) is 4.79 Å². The van der Waals surface area contributed by atoms with Gasteiger partial charge in [-0.1, -0.05) is 0 Å². The molecule has 1 aliphatic rings. The zero-order valence-corrected chi connectivity index (χ0v) is 6.72. The topological polar surface area (TPSA) is 64.4 Å². The smallest absolute Gasteiger partial charge is 0.217 e. The van der Waals surface area contributed by atoms with Gasteiger partial charge in [0.05, 0.1) is 12.1 Å². The second-order valence-electron chi connectivity index (χ2n) is 2.97. The van der Waals surface area contributed by atoms with Gasteiger partial charge in [0.25, 0.3) is 0 Å². The summed E-state index contributed by atoms with van der Waals surface area (Å²) in [6, 6.07) is 0. The maximum Gasteiger partial charge on any atom is 0.217 e. The van der Waals surface area contributed by atoms with Crippen LogP contribution in [-0.4, -0.2) is 31.2 Å². The van der Waals surface area contributed by atoms with Gasteiger partial charge < -0.3 is 15.8 Å². The first-order valence-corrected chi connectivity index (χ1v) is 3.75. The Morgan fingerprint density at radius 3 is 2.91 bits per heavy atom. The van der Waals surface area contributed by atoms with Crippen LogP contribution < -0.4 is 11.1 Å². The zero-order chi connectivity index (χ0) is 8.32. The SMILES string of the molecule is CC(=O)NC1(CN)CCOC1. The molecular weight excluding hydrogens is 144 g/mol. The molecule has 4 heteroatoms. The van der Waals surface area contributed by atoms with E-state index >= 15 is 0 Å². The Morgan fingerprint density at radius 1 is 1.82 bits per heavy atom. The molecule has 1 fully saturated rings. The highest BCUT2D eigenvalue weighted by molar-refractivity contribution is 5.73. The van der Waals surface area contributed by atoms with Crippen LogP contribution in [0.5, 0.6) is 0 Å². The van der Waals surface area contributed by atoms with Crippen molar-refractivity contribution in [2.45, 2.75) is 18.9 Å². The molecule has 0 radical (unpaired) electrons. The molecule has 11 heavy (non-hydrogen) atoms. The first-order valence-electron chi connectivity index (χ1n) is 3.75. The number of hydrogen-bond donors (Lipinski definition) is 2. The molecule has 1 unspecified atom stereocenters. The van der Waals surface area contributed by atoms with Crippen molar-refractivity contribution >= 4 is 5.91 Å². The predicted octanol–water partition coefficient (Wildman–Crippen LogP) is -0.760. The molecule has 1 saturated heterocycles. The Labute approximate surface area is 66.1 Å². The molecule has 0 aliphatic carbocycles. The molecule has 0 saturated carbocycles. The molecule has 0 spiro atoms. The summed E-state index contributed by atoms with van der Waals surface area (Å²) in [4.78, 5) is 10.7. The molecule has 1 atom stereocenters. The van der Waals surface area contributed by atoms with Crippen molar-refractivity contribution in [2.24, 2.45) is 5.73 Å². The lowest BCUT2D eigenvalue weighted by atomic mass is 9.99. The molecule has 0 aromatic heterocycles. The van der Waals surface area contributed by atoms with E-state index in [9.17, 15) is 4.79 Å². The van der Waals surface area contributed by atoms with Crippen LogP contribution in [0.25, 0.3) is 0 Å². The highest BCUT2D eigenvalue weighted by atomic mass is 16.5. The van der Waals surface area contributed by atoms with Crippen LogP contribution in [0, 0.1) is 0 Å². The lowest BCUT2D eigenvalue weighted by molar-refractivity contribution is -0.120. The van der Waals surface area contributed by atoms with Gasteiger partial charge in [-0.25, -0.2) is 0 Å². The van der Waals surface area contributed by atoms with Crippen molar-refractivity contribution in [2.75, 3.05) is 19.8 Å². The summed E-state index contributed by atoms with van der Waals surface area (Å²) in [5.74, 6) is -0.0408. The molecule has 1 rings (SSSR count). The van der Waals surface area contributed by atoms with Crippen LogP contribution in [0.3, 0.4) is 0 Å². The van der Waals surface area contributed by atoms with E-state index in [4.69, 9.17) is 10.5 Å². The average Bonchev–Trinajstić information content (AvgIpc) is 2.36. The van der Waals surface area contributed by atoms with Crippen LogP contribution in [0.1, 0.15) is 13.3 Å². The number of nitrogens with two attached hydrogens (primary N) is 1. The highest BCUT2D eigenvalue weighted by Crippen LogP contribution is 2.16. The fourth-order valence-corrected chi connectivity index (χ4v) is 1.29. The summed E-state index contributed by atoms with van der Waals surface area (Å²) in [5.41, 5.74) is 5.24. The third kappa shape index (κ3) is 1.91. The molecule has 1 heterocycles. The molecule has 1 amide bonds. The molecule has 0 aromatic carbocycles. The minimum atomic E-state index is -0.286. The van der Waals surface area contributed by atoms with E-state index in [1.165, 1.54) is 6.92 Å². The van der Waals surface area contributed by atoms with Gasteiger partial charge in [-0.05, 0) is 6.42 Å². The fraction of sp³-hybridized carbons (Fsp3) is 0.857. The van der Waals surface area contributed by atoms with Gasteiger partial charge in [0, 0.05) is 20.1 Å². The van der Waals surface area contributed by atoms with Crippen LogP contribution in [0.15, 0.2) is 0 Å². The van der Waals surface area contributed by atoms with Crippen molar-refractivity contribution in [3.63, 3.8) is 0 Å². The van der Waals surface area contributed by atoms with E-state index in [1.54, 1.807) is 0 Å². The number of amides is 1. The molecule has 0 bridgehead atoms. The minimum Gasteiger partial charge on any atom is -0.379 e. The first-order chi connectivity index (χ1) is 5.18. The minimum absolute atomic E-state index is 0.0408. The summed E-state index contributed by atoms with van der Waals surface area (Å²) in [6.45, 7) is 3.18. The van der Waals surface area contributed by atoms with Crippen LogP contribution >= 0.6 is 0 Å². The van der Waals surface area contributed by atoms with E-state index in [1.807, 2.05) is 0 Å². The maximum atomic E-state index is 10.7. The number of rotatable bonds is 2. The maximum absolute atomic E-state index is 10.7.